The topological polar surface area (TPSA) is 70.3 Å². The van der Waals surface area contributed by atoms with Gasteiger partial charge in [-0.1, -0.05) is 12.1 Å². The highest BCUT2D eigenvalue weighted by atomic mass is 16.5. The molecule has 0 aliphatic carbocycles. The van der Waals surface area contributed by atoms with Gasteiger partial charge >= 0.3 is 5.69 Å². The SMILES string of the molecule is Cn1cc(/C=C2\CCOc3ccccc3C2=O)c(=O)n(C)c1=O. The zero-order valence-electron chi connectivity index (χ0n) is 12.9. The van der Waals surface area contributed by atoms with Gasteiger partial charge in [0.25, 0.3) is 5.56 Å². The molecule has 0 spiro atoms. The van der Waals surface area contributed by atoms with E-state index in [1.54, 1.807) is 31.3 Å². The van der Waals surface area contributed by atoms with Crippen LogP contribution in [0.4, 0.5) is 0 Å². The van der Waals surface area contributed by atoms with Gasteiger partial charge in [0.05, 0.1) is 17.7 Å². The lowest BCUT2D eigenvalue weighted by Gasteiger charge is -2.06. The molecule has 0 fully saturated rings. The molecule has 0 saturated carbocycles. The maximum atomic E-state index is 12.7. The van der Waals surface area contributed by atoms with Crippen LogP contribution in [0.3, 0.4) is 0 Å². The number of Topliss-reactive ketones (excluding diaryl/α,β-unsaturated/α-hetero) is 1. The first-order valence-electron chi connectivity index (χ1n) is 7.23. The molecule has 23 heavy (non-hydrogen) atoms. The zero-order valence-corrected chi connectivity index (χ0v) is 12.9. The van der Waals surface area contributed by atoms with Gasteiger partial charge in [-0.3, -0.25) is 14.2 Å². The van der Waals surface area contributed by atoms with Crippen LogP contribution in [0.15, 0.2) is 45.6 Å². The Hall–Kier alpha value is -2.89. The van der Waals surface area contributed by atoms with Crippen molar-refractivity contribution in [3.63, 3.8) is 0 Å². The first-order valence-corrected chi connectivity index (χ1v) is 7.23. The number of ketones is 1. The summed E-state index contributed by atoms with van der Waals surface area (Å²) in [5, 5.41) is 0. The third kappa shape index (κ3) is 2.63. The van der Waals surface area contributed by atoms with Crippen molar-refractivity contribution >= 4 is 11.9 Å². The molecule has 0 atom stereocenters. The number of para-hydroxylation sites is 1. The summed E-state index contributed by atoms with van der Waals surface area (Å²) >= 11 is 0. The van der Waals surface area contributed by atoms with Crippen molar-refractivity contribution < 1.29 is 9.53 Å². The van der Waals surface area contributed by atoms with Crippen LogP contribution < -0.4 is 16.0 Å². The van der Waals surface area contributed by atoms with Crippen molar-refractivity contribution in [1.82, 2.24) is 9.13 Å². The first-order chi connectivity index (χ1) is 11.0. The predicted octanol–water partition coefficient (Wildman–Crippen LogP) is 1.13. The maximum Gasteiger partial charge on any atom is 0.330 e. The molecule has 2 heterocycles. The number of aromatic nitrogens is 2. The number of ether oxygens (including phenoxy) is 1. The van der Waals surface area contributed by atoms with Crippen molar-refractivity contribution in [2.75, 3.05) is 6.61 Å². The van der Waals surface area contributed by atoms with Crippen LogP contribution in [-0.4, -0.2) is 21.5 Å². The molecule has 2 aromatic rings. The van der Waals surface area contributed by atoms with Gasteiger partial charge < -0.3 is 9.30 Å². The van der Waals surface area contributed by atoms with E-state index < -0.39 is 11.2 Å². The van der Waals surface area contributed by atoms with E-state index in [0.29, 0.717) is 35.5 Å². The molecule has 0 saturated heterocycles. The van der Waals surface area contributed by atoms with Gasteiger partial charge in [-0.15, -0.1) is 0 Å². The molecule has 0 N–H and O–H groups in total. The Balaban J connectivity index is 2.12. The normalized spacial score (nSPS) is 15.9. The summed E-state index contributed by atoms with van der Waals surface area (Å²) in [6.45, 7) is 0.362. The molecule has 0 amide bonds. The van der Waals surface area contributed by atoms with Crippen LogP contribution in [0.2, 0.25) is 0 Å². The molecule has 1 aromatic carbocycles. The minimum Gasteiger partial charge on any atom is -0.492 e. The zero-order chi connectivity index (χ0) is 16.6. The Morgan fingerprint density at radius 1 is 1.13 bits per heavy atom. The molecule has 6 nitrogen and oxygen atoms in total. The second-order valence-corrected chi connectivity index (χ2v) is 5.44. The highest BCUT2D eigenvalue weighted by Crippen LogP contribution is 2.26. The first kappa shape index (κ1) is 15.0. The highest BCUT2D eigenvalue weighted by molar-refractivity contribution is 6.13. The number of aryl methyl sites for hydroxylation is 1. The van der Waals surface area contributed by atoms with Crippen molar-refractivity contribution in [3.8, 4) is 5.75 Å². The second kappa shape index (κ2) is 5.72. The molecule has 6 heteroatoms. The number of carbonyl (C=O) groups is 1. The summed E-state index contributed by atoms with van der Waals surface area (Å²) < 4.78 is 7.93. The molecule has 1 aliphatic rings. The molecule has 0 bridgehead atoms. The Bertz CT molecular complexity index is 934. The van der Waals surface area contributed by atoms with Gasteiger partial charge in [-0.2, -0.15) is 0 Å². The predicted molar refractivity (Wildman–Crippen MR) is 85.8 cm³/mol. The van der Waals surface area contributed by atoms with Crippen LogP contribution in [0.25, 0.3) is 6.08 Å². The van der Waals surface area contributed by atoms with E-state index in [9.17, 15) is 14.4 Å². The number of nitrogens with zero attached hydrogens (tertiary/aromatic N) is 2. The fraction of sp³-hybridized carbons (Fsp3) is 0.235. The van der Waals surface area contributed by atoms with E-state index >= 15 is 0 Å². The Labute approximate surface area is 132 Å². The summed E-state index contributed by atoms with van der Waals surface area (Å²) in [5.41, 5.74) is 0.450. The average molecular weight is 312 g/mol. The Kier molecular flexibility index (Phi) is 3.73. The van der Waals surface area contributed by atoms with Crippen LogP contribution in [0.1, 0.15) is 22.3 Å². The fourth-order valence-corrected chi connectivity index (χ4v) is 2.60. The number of hydrogen-bond acceptors (Lipinski definition) is 4. The van der Waals surface area contributed by atoms with Crippen LogP contribution in [0.5, 0.6) is 5.75 Å². The van der Waals surface area contributed by atoms with E-state index in [4.69, 9.17) is 4.74 Å². The second-order valence-electron chi connectivity index (χ2n) is 5.44. The van der Waals surface area contributed by atoms with Gasteiger partial charge in [0.15, 0.2) is 5.78 Å². The van der Waals surface area contributed by atoms with E-state index in [1.165, 1.54) is 17.8 Å². The molecule has 1 aromatic heterocycles. The molecule has 0 radical (unpaired) electrons. The number of fused-ring (bicyclic) bond motifs is 1. The van der Waals surface area contributed by atoms with E-state index in [0.717, 1.165) is 4.57 Å². The van der Waals surface area contributed by atoms with Crippen LogP contribution in [-0.2, 0) is 14.1 Å². The molecular weight excluding hydrogens is 296 g/mol. The third-order valence-corrected chi connectivity index (χ3v) is 3.86. The quantitative estimate of drug-likeness (QED) is 0.740. The maximum absolute atomic E-state index is 12.7. The number of rotatable bonds is 1. The van der Waals surface area contributed by atoms with Gasteiger partial charge in [-0.25, -0.2) is 4.79 Å². The molecule has 118 valence electrons. The number of benzene rings is 1. The lowest BCUT2D eigenvalue weighted by molar-refractivity contribution is 0.103. The van der Waals surface area contributed by atoms with Gasteiger partial charge in [0.1, 0.15) is 5.75 Å². The summed E-state index contributed by atoms with van der Waals surface area (Å²) in [5.74, 6) is 0.392. The van der Waals surface area contributed by atoms with Crippen LogP contribution in [0, 0.1) is 0 Å². The lowest BCUT2D eigenvalue weighted by atomic mass is 10.00. The van der Waals surface area contributed by atoms with Crippen LogP contribution >= 0.6 is 0 Å². The van der Waals surface area contributed by atoms with Gasteiger partial charge in [-0.05, 0) is 18.2 Å². The molecule has 3 rings (SSSR count). The van der Waals surface area contributed by atoms with Crippen molar-refractivity contribution in [2.24, 2.45) is 14.1 Å². The Morgan fingerprint density at radius 3 is 2.65 bits per heavy atom. The van der Waals surface area contributed by atoms with Gasteiger partial charge in [0, 0.05) is 32.3 Å². The Morgan fingerprint density at radius 2 is 1.87 bits per heavy atom. The largest absolute Gasteiger partial charge is 0.492 e. The minimum absolute atomic E-state index is 0.158. The summed E-state index contributed by atoms with van der Waals surface area (Å²) in [4.78, 5) is 36.6. The lowest BCUT2D eigenvalue weighted by Crippen LogP contribution is -2.37. The summed E-state index contributed by atoms with van der Waals surface area (Å²) in [6, 6.07) is 7.04. The average Bonchev–Trinajstić information content (AvgIpc) is 2.71. The summed E-state index contributed by atoms with van der Waals surface area (Å²) in [6.07, 6.45) is 3.40. The van der Waals surface area contributed by atoms with E-state index in [-0.39, 0.29) is 5.78 Å². The van der Waals surface area contributed by atoms with E-state index in [1.807, 2.05) is 6.07 Å². The fourth-order valence-electron chi connectivity index (χ4n) is 2.60. The standard InChI is InChI=1S/C17H16N2O4/c1-18-10-12(16(21)19(2)17(18)22)9-11-7-8-23-14-6-4-3-5-13(14)15(11)20/h3-6,9-10H,7-8H2,1-2H3/b11-9+. The van der Waals surface area contributed by atoms with Gasteiger partial charge in [0.2, 0.25) is 0 Å². The highest BCUT2D eigenvalue weighted by Gasteiger charge is 2.21. The third-order valence-electron chi connectivity index (χ3n) is 3.86. The number of hydrogen-bond donors (Lipinski definition) is 0. The van der Waals surface area contributed by atoms with Crippen molar-refractivity contribution in [2.45, 2.75) is 6.42 Å². The van der Waals surface area contributed by atoms with Crippen molar-refractivity contribution in [3.05, 3.63) is 68.0 Å². The monoisotopic (exact) mass is 312 g/mol. The van der Waals surface area contributed by atoms with E-state index in [2.05, 4.69) is 0 Å². The summed E-state index contributed by atoms with van der Waals surface area (Å²) in [7, 11) is 2.98. The molecule has 1 aliphatic heterocycles. The molecule has 0 unspecified atom stereocenters. The molecular formula is C17H16N2O4. The minimum atomic E-state index is -0.424. The number of carbonyl (C=O) groups excluding carboxylic acids is 1. The smallest absolute Gasteiger partial charge is 0.330 e. The van der Waals surface area contributed by atoms with Crippen molar-refractivity contribution in [1.29, 1.82) is 0 Å².